The molecule has 0 spiro atoms. The second kappa shape index (κ2) is 6.04. The molecular formula is C17H12FN3O3. The molecule has 0 radical (unpaired) electrons. The number of benzene rings is 2. The van der Waals surface area contributed by atoms with E-state index in [1.807, 2.05) is 0 Å². The fourth-order valence-electron chi connectivity index (χ4n) is 2.40. The molecule has 1 aromatic heterocycles. The van der Waals surface area contributed by atoms with Crippen molar-refractivity contribution in [2.75, 3.05) is 5.32 Å². The molecule has 0 saturated heterocycles. The number of nitrogens with zero attached hydrogens (tertiary/aromatic N) is 2. The van der Waals surface area contributed by atoms with Gasteiger partial charge in [0.15, 0.2) is 0 Å². The van der Waals surface area contributed by atoms with E-state index < -0.39 is 16.6 Å². The van der Waals surface area contributed by atoms with E-state index >= 15 is 0 Å². The average Bonchev–Trinajstić information content (AvgIpc) is 2.54. The van der Waals surface area contributed by atoms with Gasteiger partial charge in [0.2, 0.25) is 0 Å². The highest BCUT2D eigenvalue weighted by atomic mass is 19.1. The maximum atomic E-state index is 13.4. The molecule has 1 N–H and O–H groups in total. The van der Waals surface area contributed by atoms with Gasteiger partial charge < -0.3 is 5.32 Å². The number of anilines is 1. The largest absolute Gasteiger partial charge is 0.316 e. The van der Waals surface area contributed by atoms with Crippen LogP contribution in [0.3, 0.4) is 0 Å². The number of aromatic nitrogens is 1. The van der Waals surface area contributed by atoms with Crippen molar-refractivity contribution in [2.45, 2.75) is 6.92 Å². The number of amides is 1. The highest BCUT2D eigenvalue weighted by molar-refractivity contribution is 6.07. The van der Waals surface area contributed by atoms with Crippen molar-refractivity contribution in [1.29, 1.82) is 0 Å². The summed E-state index contributed by atoms with van der Waals surface area (Å²) < 4.78 is 13.4. The first-order valence-corrected chi connectivity index (χ1v) is 7.07. The molecule has 7 heteroatoms. The van der Waals surface area contributed by atoms with Gasteiger partial charge in [-0.15, -0.1) is 0 Å². The molecule has 24 heavy (non-hydrogen) atoms. The minimum absolute atomic E-state index is 0.0891. The van der Waals surface area contributed by atoms with Gasteiger partial charge in [-0.05, 0) is 37.3 Å². The molecule has 0 unspecified atom stereocenters. The summed E-state index contributed by atoms with van der Waals surface area (Å²) in [5.74, 6) is -0.973. The number of carbonyl (C=O) groups excluding carboxylic acids is 1. The Bertz CT molecular complexity index is 972. The molecule has 1 heterocycles. The van der Waals surface area contributed by atoms with Gasteiger partial charge in [0.1, 0.15) is 11.5 Å². The number of nitro benzene ring substituents is 1. The van der Waals surface area contributed by atoms with Crippen molar-refractivity contribution in [3.8, 4) is 0 Å². The summed E-state index contributed by atoms with van der Waals surface area (Å²) in [6, 6.07) is 11.5. The van der Waals surface area contributed by atoms with Gasteiger partial charge >= 0.3 is 0 Å². The number of fused-ring (bicyclic) bond motifs is 1. The smallest absolute Gasteiger partial charge is 0.292 e. The number of carbonyl (C=O) groups is 1. The zero-order valence-electron chi connectivity index (χ0n) is 12.6. The van der Waals surface area contributed by atoms with Crippen LogP contribution in [0.1, 0.15) is 16.1 Å². The number of aryl methyl sites for hydroxylation is 1. The number of nitro groups is 1. The maximum Gasteiger partial charge on any atom is 0.292 e. The van der Waals surface area contributed by atoms with Crippen molar-refractivity contribution in [2.24, 2.45) is 0 Å². The van der Waals surface area contributed by atoms with Crippen molar-refractivity contribution in [3.05, 3.63) is 75.7 Å². The average molecular weight is 325 g/mol. The molecule has 0 fully saturated rings. The van der Waals surface area contributed by atoms with Crippen LogP contribution in [0.25, 0.3) is 10.9 Å². The van der Waals surface area contributed by atoms with E-state index in [0.717, 1.165) is 0 Å². The summed E-state index contributed by atoms with van der Waals surface area (Å²) in [5.41, 5.74) is 1.13. The van der Waals surface area contributed by atoms with Crippen molar-refractivity contribution >= 4 is 28.2 Å². The lowest BCUT2D eigenvalue weighted by Crippen LogP contribution is -2.15. The van der Waals surface area contributed by atoms with Gasteiger partial charge in [-0.2, -0.15) is 0 Å². The van der Waals surface area contributed by atoms with Crippen LogP contribution in [0.2, 0.25) is 0 Å². The second-order valence-corrected chi connectivity index (χ2v) is 5.19. The molecular weight excluding hydrogens is 313 g/mol. The van der Waals surface area contributed by atoms with E-state index in [0.29, 0.717) is 16.6 Å². The summed E-state index contributed by atoms with van der Waals surface area (Å²) >= 11 is 0. The van der Waals surface area contributed by atoms with E-state index in [9.17, 15) is 19.3 Å². The van der Waals surface area contributed by atoms with Crippen LogP contribution in [0, 0.1) is 22.9 Å². The Morgan fingerprint density at radius 1 is 1.21 bits per heavy atom. The van der Waals surface area contributed by atoms with Crippen LogP contribution >= 0.6 is 0 Å². The molecule has 0 bridgehead atoms. The molecule has 0 aliphatic heterocycles. The lowest BCUT2D eigenvalue weighted by atomic mass is 10.1. The predicted octanol–water partition coefficient (Wildman–Crippen LogP) is 3.84. The number of hydrogen-bond donors (Lipinski definition) is 1. The summed E-state index contributed by atoms with van der Waals surface area (Å²) in [7, 11) is 0. The first-order valence-electron chi connectivity index (χ1n) is 7.07. The number of halogens is 1. The van der Waals surface area contributed by atoms with E-state index in [1.165, 1.54) is 42.5 Å². The van der Waals surface area contributed by atoms with Gasteiger partial charge in [0.25, 0.3) is 11.6 Å². The monoisotopic (exact) mass is 325 g/mol. The Morgan fingerprint density at radius 3 is 2.71 bits per heavy atom. The zero-order chi connectivity index (χ0) is 17.3. The normalized spacial score (nSPS) is 10.6. The van der Waals surface area contributed by atoms with E-state index in [-0.39, 0.29) is 16.9 Å². The first-order chi connectivity index (χ1) is 11.5. The van der Waals surface area contributed by atoms with Crippen molar-refractivity contribution in [1.82, 2.24) is 4.98 Å². The topological polar surface area (TPSA) is 85.1 Å². The molecule has 2 aromatic carbocycles. The molecule has 3 rings (SSSR count). The summed E-state index contributed by atoms with van der Waals surface area (Å²) in [6.45, 7) is 1.65. The fraction of sp³-hybridized carbons (Fsp3) is 0.0588. The molecule has 0 aliphatic carbocycles. The highest BCUT2D eigenvalue weighted by Gasteiger charge is 2.18. The van der Waals surface area contributed by atoms with E-state index in [1.54, 1.807) is 13.0 Å². The van der Waals surface area contributed by atoms with Gasteiger partial charge in [-0.3, -0.25) is 19.9 Å². The predicted molar refractivity (Wildman–Crippen MR) is 87.5 cm³/mol. The quantitative estimate of drug-likeness (QED) is 0.585. The summed E-state index contributed by atoms with van der Waals surface area (Å²) in [6.07, 6.45) is 0. The van der Waals surface area contributed by atoms with Crippen LogP contribution in [0.15, 0.2) is 48.5 Å². The Kier molecular flexibility index (Phi) is 3.91. The van der Waals surface area contributed by atoms with Crippen LogP contribution in [-0.4, -0.2) is 15.8 Å². The van der Waals surface area contributed by atoms with Crippen LogP contribution in [0.5, 0.6) is 0 Å². The molecule has 0 saturated carbocycles. The van der Waals surface area contributed by atoms with Gasteiger partial charge in [0.05, 0.1) is 21.7 Å². The Labute approximate surface area is 136 Å². The lowest BCUT2D eigenvalue weighted by molar-refractivity contribution is -0.383. The van der Waals surface area contributed by atoms with Gasteiger partial charge in [-0.1, -0.05) is 12.1 Å². The lowest BCUT2D eigenvalue weighted by Gasteiger charge is -2.09. The molecule has 1 amide bonds. The van der Waals surface area contributed by atoms with Crippen LogP contribution in [0.4, 0.5) is 15.8 Å². The highest BCUT2D eigenvalue weighted by Crippen LogP contribution is 2.25. The van der Waals surface area contributed by atoms with Crippen LogP contribution < -0.4 is 5.32 Å². The number of hydrogen-bond acceptors (Lipinski definition) is 4. The van der Waals surface area contributed by atoms with Gasteiger partial charge in [0, 0.05) is 11.5 Å². The maximum absolute atomic E-state index is 13.4. The van der Waals surface area contributed by atoms with Crippen molar-refractivity contribution < 1.29 is 14.1 Å². The molecule has 6 nitrogen and oxygen atoms in total. The minimum atomic E-state index is -0.573. The third-order valence-corrected chi connectivity index (χ3v) is 3.56. The number of pyridine rings is 1. The summed E-state index contributed by atoms with van der Waals surface area (Å²) in [5, 5.41) is 14.0. The molecule has 0 aliphatic rings. The number of nitrogens with one attached hydrogen (secondary N) is 1. The molecule has 3 aromatic rings. The number of para-hydroxylation sites is 2. The van der Waals surface area contributed by atoms with E-state index in [2.05, 4.69) is 10.3 Å². The third-order valence-electron chi connectivity index (χ3n) is 3.56. The number of rotatable bonds is 3. The fourth-order valence-corrected chi connectivity index (χ4v) is 2.40. The third kappa shape index (κ3) is 2.91. The Hall–Kier alpha value is -3.35. The first kappa shape index (κ1) is 15.5. The second-order valence-electron chi connectivity index (χ2n) is 5.19. The Balaban J connectivity index is 2.00. The van der Waals surface area contributed by atoms with Crippen molar-refractivity contribution in [3.63, 3.8) is 0 Å². The summed E-state index contributed by atoms with van der Waals surface area (Å²) in [4.78, 5) is 27.2. The molecule has 120 valence electrons. The van der Waals surface area contributed by atoms with Gasteiger partial charge in [-0.25, -0.2) is 4.39 Å². The van der Waals surface area contributed by atoms with Crippen LogP contribution in [-0.2, 0) is 0 Å². The Morgan fingerprint density at radius 2 is 1.96 bits per heavy atom. The van der Waals surface area contributed by atoms with E-state index in [4.69, 9.17) is 0 Å². The zero-order valence-corrected chi connectivity index (χ0v) is 12.6. The SMILES string of the molecule is Cc1nc2ccc(F)cc2cc1C(=O)Nc1ccccc1[N+](=O)[O-]. The standard InChI is InChI=1S/C17H12FN3O3/c1-10-13(9-11-8-12(18)6-7-14(11)19-10)17(22)20-15-4-2-3-5-16(15)21(23)24/h2-9H,1H3,(H,20,22). The molecule has 0 atom stereocenters. The minimum Gasteiger partial charge on any atom is -0.316 e.